The Morgan fingerprint density at radius 3 is 2.38 bits per heavy atom. The molecule has 2 amide bonds. The lowest BCUT2D eigenvalue weighted by atomic mass is 10.1. The average Bonchev–Trinajstić information content (AvgIpc) is 3.15. The molecule has 2 aromatic carbocycles. The molecule has 3 rings (SSSR count). The second-order valence-corrected chi connectivity index (χ2v) is 5.99. The van der Waals surface area contributed by atoms with Crippen molar-refractivity contribution in [3.05, 3.63) is 83.3 Å². The van der Waals surface area contributed by atoms with E-state index in [1.54, 1.807) is 55.5 Å². The number of nitriles is 1. The van der Waals surface area contributed by atoms with Crippen molar-refractivity contribution in [2.75, 3.05) is 10.6 Å². The highest BCUT2D eigenvalue weighted by Gasteiger charge is 2.20. The number of carbonyl (C=O) groups is 2. The fourth-order valence-corrected chi connectivity index (χ4v) is 2.53. The molecular formula is C21H16N4O4. The van der Waals surface area contributed by atoms with Gasteiger partial charge >= 0.3 is 0 Å². The Morgan fingerprint density at radius 1 is 1.07 bits per heavy atom. The van der Waals surface area contributed by atoms with Crippen molar-refractivity contribution in [1.29, 1.82) is 5.26 Å². The van der Waals surface area contributed by atoms with Crippen molar-refractivity contribution in [2.24, 2.45) is 0 Å². The molecule has 0 unspecified atom stereocenters. The highest BCUT2D eigenvalue weighted by Crippen LogP contribution is 2.21. The Labute approximate surface area is 166 Å². The van der Waals surface area contributed by atoms with Crippen molar-refractivity contribution in [3.63, 3.8) is 0 Å². The smallest absolute Gasteiger partial charge is 0.270 e. The maximum atomic E-state index is 12.5. The number of rotatable bonds is 5. The molecule has 0 bridgehead atoms. The number of hydrogen-bond acceptors (Lipinski definition) is 6. The molecule has 0 saturated heterocycles. The lowest BCUT2D eigenvalue weighted by Crippen LogP contribution is -2.16. The van der Waals surface area contributed by atoms with E-state index in [1.807, 2.05) is 6.07 Å². The van der Waals surface area contributed by atoms with Crippen molar-refractivity contribution in [3.8, 4) is 6.07 Å². The number of nitrogens with zero attached hydrogens (tertiary/aromatic N) is 2. The lowest BCUT2D eigenvalue weighted by molar-refractivity contribution is -0.112. The Kier molecular flexibility index (Phi) is 5.71. The third kappa shape index (κ3) is 4.48. The average molecular weight is 388 g/mol. The maximum Gasteiger partial charge on any atom is 0.270 e. The summed E-state index contributed by atoms with van der Waals surface area (Å²) < 4.78 is 4.84. The Bertz CT molecular complexity index is 1130. The molecule has 3 aromatic rings. The van der Waals surface area contributed by atoms with Gasteiger partial charge in [-0.3, -0.25) is 9.59 Å². The van der Waals surface area contributed by atoms with Crippen LogP contribution >= 0.6 is 0 Å². The second kappa shape index (κ2) is 8.54. The van der Waals surface area contributed by atoms with E-state index in [9.17, 15) is 20.0 Å². The third-order valence-corrected chi connectivity index (χ3v) is 4.00. The molecule has 8 heteroatoms. The number of benzene rings is 2. The molecule has 0 fully saturated rings. The van der Waals surface area contributed by atoms with Crippen LogP contribution in [0, 0.1) is 18.3 Å². The fraction of sp³-hybridized carbons (Fsp3) is 0.0476. The number of aliphatic hydroxyl groups is 1. The molecule has 0 radical (unpaired) electrons. The largest absolute Gasteiger partial charge is 0.506 e. The normalized spacial score (nSPS) is 11.2. The number of aliphatic hydroxyl groups excluding tert-OH is 1. The van der Waals surface area contributed by atoms with Gasteiger partial charge in [-0.15, -0.1) is 0 Å². The van der Waals surface area contributed by atoms with E-state index in [-0.39, 0.29) is 17.2 Å². The van der Waals surface area contributed by atoms with Gasteiger partial charge < -0.3 is 20.3 Å². The molecule has 29 heavy (non-hydrogen) atoms. The van der Waals surface area contributed by atoms with Gasteiger partial charge in [0.15, 0.2) is 11.3 Å². The van der Waals surface area contributed by atoms with Crippen LogP contribution < -0.4 is 10.6 Å². The van der Waals surface area contributed by atoms with Crippen LogP contribution in [0.15, 0.2) is 70.9 Å². The van der Waals surface area contributed by atoms with Crippen molar-refractivity contribution >= 4 is 28.9 Å². The zero-order valence-corrected chi connectivity index (χ0v) is 15.3. The van der Waals surface area contributed by atoms with Crippen LogP contribution in [0.3, 0.4) is 0 Å². The first-order valence-corrected chi connectivity index (χ1v) is 8.52. The predicted molar refractivity (Wildman–Crippen MR) is 106 cm³/mol. The molecule has 0 spiro atoms. The summed E-state index contributed by atoms with van der Waals surface area (Å²) in [4.78, 5) is 24.7. The fourth-order valence-electron chi connectivity index (χ4n) is 2.53. The lowest BCUT2D eigenvalue weighted by Gasteiger charge is -2.09. The van der Waals surface area contributed by atoms with E-state index in [4.69, 9.17) is 4.52 Å². The number of aromatic nitrogens is 1. The van der Waals surface area contributed by atoms with Gasteiger partial charge in [0.25, 0.3) is 11.8 Å². The minimum atomic E-state index is -0.808. The summed E-state index contributed by atoms with van der Waals surface area (Å²) in [5, 5.41) is 28.3. The molecule has 0 aliphatic rings. The first-order chi connectivity index (χ1) is 14.0. The van der Waals surface area contributed by atoms with Gasteiger partial charge in [0, 0.05) is 16.9 Å². The van der Waals surface area contributed by atoms with Gasteiger partial charge in [0.2, 0.25) is 0 Å². The van der Waals surface area contributed by atoms with Gasteiger partial charge in [-0.1, -0.05) is 29.4 Å². The number of amides is 2. The molecule has 3 N–H and O–H groups in total. The standard InChI is InChI=1S/C21H16N4O4/c1-13-18(12-23-29-13)19(26)17(11-22)21(28)25-16-9-5-8-15(10-16)24-20(27)14-6-3-2-4-7-14/h2-10,12,26H,1H3,(H,24,27)(H,25,28). The molecule has 144 valence electrons. The Morgan fingerprint density at radius 2 is 1.76 bits per heavy atom. The Hall–Kier alpha value is -4.38. The van der Waals surface area contributed by atoms with Crippen LogP contribution in [0.25, 0.3) is 5.76 Å². The van der Waals surface area contributed by atoms with Gasteiger partial charge in [0.05, 0.1) is 11.8 Å². The van der Waals surface area contributed by atoms with Crippen molar-refractivity contribution in [1.82, 2.24) is 5.16 Å². The Balaban J connectivity index is 1.77. The highest BCUT2D eigenvalue weighted by atomic mass is 16.5. The SMILES string of the molecule is Cc1oncc1C(O)=C(C#N)C(=O)Nc1cccc(NC(=O)c2ccccc2)c1. The highest BCUT2D eigenvalue weighted by molar-refractivity contribution is 6.11. The molecular weight excluding hydrogens is 372 g/mol. The van der Waals surface area contributed by atoms with Gasteiger partial charge in [-0.05, 0) is 37.3 Å². The third-order valence-electron chi connectivity index (χ3n) is 4.00. The number of anilines is 2. The molecule has 1 aromatic heterocycles. The van der Waals surface area contributed by atoms with Crippen LogP contribution in [0.2, 0.25) is 0 Å². The predicted octanol–water partition coefficient (Wildman–Crippen LogP) is 3.67. The van der Waals surface area contributed by atoms with Crippen molar-refractivity contribution in [2.45, 2.75) is 6.92 Å². The number of carbonyl (C=O) groups excluding carboxylic acids is 2. The summed E-state index contributed by atoms with van der Waals surface area (Å²) >= 11 is 0. The van der Waals surface area contributed by atoms with E-state index in [0.717, 1.165) is 0 Å². The van der Waals surface area contributed by atoms with Crippen molar-refractivity contribution < 1.29 is 19.2 Å². The summed E-state index contributed by atoms with van der Waals surface area (Å²) in [5.41, 5.74) is 0.947. The monoisotopic (exact) mass is 388 g/mol. The zero-order chi connectivity index (χ0) is 20.8. The topological polar surface area (TPSA) is 128 Å². The number of nitrogens with one attached hydrogen (secondary N) is 2. The summed E-state index contributed by atoms with van der Waals surface area (Å²) in [6.07, 6.45) is 1.22. The number of aryl methyl sites for hydroxylation is 1. The van der Waals surface area contributed by atoms with Crippen LogP contribution in [-0.2, 0) is 4.79 Å². The number of hydrogen-bond donors (Lipinski definition) is 3. The maximum absolute atomic E-state index is 12.5. The summed E-state index contributed by atoms with van der Waals surface area (Å²) in [7, 11) is 0. The molecule has 0 saturated carbocycles. The van der Waals surface area contributed by atoms with Gasteiger partial charge in [-0.25, -0.2) is 0 Å². The summed E-state index contributed by atoms with van der Waals surface area (Å²) in [6.45, 7) is 1.55. The summed E-state index contributed by atoms with van der Waals surface area (Å²) in [5.74, 6) is -1.37. The molecule has 8 nitrogen and oxygen atoms in total. The first kappa shape index (κ1) is 19.4. The van der Waals surface area contributed by atoms with E-state index in [0.29, 0.717) is 16.9 Å². The van der Waals surface area contributed by atoms with E-state index >= 15 is 0 Å². The minimum absolute atomic E-state index is 0.153. The molecule has 0 atom stereocenters. The molecule has 0 aliphatic carbocycles. The first-order valence-electron chi connectivity index (χ1n) is 8.52. The minimum Gasteiger partial charge on any atom is -0.506 e. The zero-order valence-electron chi connectivity index (χ0n) is 15.3. The van der Waals surface area contributed by atoms with E-state index in [2.05, 4.69) is 15.8 Å². The molecule has 0 aliphatic heterocycles. The quantitative estimate of drug-likeness (QED) is 0.347. The molecule has 1 heterocycles. The van der Waals surface area contributed by atoms with E-state index < -0.39 is 17.2 Å². The van der Waals surface area contributed by atoms with Crippen LogP contribution in [0.5, 0.6) is 0 Å². The van der Waals surface area contributed by atoms with Crippen LogP contribution in [-0.4, -0.2) is 22.1 Å². The van der Waals surface area contributed by atoms with Gasteiger partial charge in [0.1, 0.15) is 11.8 Å². The van der Waals surface area contributed by atoms with Gasteiger partial charge in [-0.2, -0.15) is 5.26 Å². The van der Waals surface area contributed by atoms with E-state index in [1.165, 1.54) is 12.3 Å². The summed E-state index contributed by atoms with van der Waals surface area (Å²) in [6, 6.07) is 16.8. The van der Waals surface area contributed by atoms with Crippen LogP contribution in [0.1, 0.15) is 21.7 Å². The second-order valence-electron chi connectivity index (χ2n) is 5.99. The van der Waals surface area contributed by atoms with Crippen LogP contribution in [0.4, 0.5) is 11.4 Å².